The van der Waals surface area contributed by atoms with Gasteiger partial charge in [0.05, 0.1) is 18.7 Å². The molecule has 0 aromatic heterocycles. The van der Waals surface area contributed by atoms with Gasteiger partial charge in [-0.05, 0) is 48.0 Å². The number of carbonyl (C=O) groups excluding carboxylic acids is 3. The maximum Gasteiger partial charge on any atom is 0.258 e. The first-order valence-electron chi connectivity index (χ1n) is 12.7. The van der Waals surface area contributed by atoms with Crippen LogP contribution in [-0.4, -0.2) is 61.6 Å². The molecule has 0 spiro atoms. The second-order valence-corrected chi connectivity index (χ2v) is 9.45. The lowest BCUT2D eigenvalue weighted by molar-refractivity contribution is -0.123. The van der Waals surface area contributed by atoms with Crippen LogP contribution in [0.1, 0.15) is 32.7 Å². The van der Waals surface area contributed by atoms with Crippen LogP contribution in [0.25, 0.3) is 0 Å². The molecule has 0 aliphatic carbocycles. The van der Waals surface area contributed by atoms with Crippen molar-refractivity contribution in [2.24, 2.45) is 0 Å². The highest BCUT2D eigenvalue weighted by Gasteiger charge is 2.35. The summed E-state index contributed by atoms with van der Waals surface area (Å²) in [6.07, 6.45) is -0.205. The number of benzene rings is 3. The van der Waals surface area contributed by atoms with Crippen LogP contribution in [0.4, 0.5) is 8.78 Å². The lowest BCUT2D eigenvalue weighted by atomic mass is 9.99. The zero-order chi connectivity index (χ0) is 28.2. The fourth-order valence-corrected chi connectivity index (χ4v) is 4.67. The minimum Gasteiger partial charge on any atom is -0.493 e. The van der Waals surface area contributed by atoms with Crippen molar-refractivity contribution in [2.45, 2.75) is 25.1 Å². The van der Waals surface area contributed by atoms with Gasteiger partial charge in [0.2, 0.25) is 0 Å². The Kier molecular flexibility index (Phi) is 7.81. The van der Waals surface area contributed by atoms with Crippen LogP contribution in [-0.2, 0) is 11.3 Å². The van der Waals surface area contributed by atoms with Crippen LogP contribution >= 0.6 is 0 Å². The van der Waals surface area contributed by atoms with Crippen LogP contribution in [0.15, 0.2) is 60.7 Å². The smallest absolute Gasteiger partial charge is 0.258 e. The molecule has 11 heteroatoms. The fourth-order valence-electron chi connectivity index (χ4n) is 4.67. The molecule has 3 heterocycles. The molecule has 0 saturated carbocycles. The molecule has 3 aliphatic heterocycles. The van der Waals surface area contributed by atoms with Crippen molar-refractivity contribution in [3.63, 3.8) is 0 Å². The van der Waals surface area contributed by atoms with Crippen LogP contribution in [0.5, 0.6) is 17.2 Å². The molecule has 3 aliphatic rings. The Morgan fingerprint density at radius 2 is 1.88 bits per heavy atom. The number of hydrogen-bond donors (Lipinski definition) is 2. The van der Waals surface area contributed by atoms with E-state index in [1.165, 1.54) is 36.3 Å². The minimum absolute atomic E-state index is 0.00120. The van der Waals surface area contributed by atoms with Gasteiger partial charge in [-0.15, -0.1) is 0 Å². The molecule has 208 valence electrons. The molecule has 1 fully saturated rings. The van der Waals surface area contributed by atoms with Crippen molar-refractivity contribution in [1.29, 1.82) is 0 Å². The second kappa shape index (κ2) is 11.6. The topological polar surface area (TPSA) is 106 Å². The van der Waals surface area contributed by atoms with E-state index in [4.69, 9.17) is 14.2 Å². The van der Waals surface area contributed by atoms with Crippen molar-refractivity contribution in [3.05, 3.63) is 89.0 Å². The van der Waals surface area contributed by atoms with E-state index in [-0.39, 0.29) is 49.0 Å². The molecule has 1 saturated heterocycles. The number of likely N-dealkylation sites (tertiary alicyclic amines) is 1. The van der Waals surface area contributed by atoms with Crippen molar-refractivity contribution >= 4 is 17.7 Å². The average Bonchev–Trinajstić information content (AvgIpc) is 2.97. The molecule has 3 amide bonds. The number of methoxy groups -OCH3 is 1. The first-order chi connectivity index (χ1) is 19.3. The Morgan fingerprint density at radius 3 is 2.65 bits per heavy atom. The summed E-state index contributed by atoms with van der Waals surface area (Å²) in [7, 11) is 1.44. The molecule has 0 radical (unpaired) electrons. The first-order valence-corrected chi connectivity index (χ1v) is 12.7. The van der Waals surface area contributed by atoms with E-state index >= 15 is 0 Å². The molecule has 6 rings (SSSR count). The van der Waals surface area contributed by atoms with Gasteiger partial charge in [-0.2, -0.15) is 0 Å². The quantitative estimate of drug-likeness (QED) is 0.507. The number of nitrogens with zero attached hydrogens (tertiary/aromatic N) is 1. The third-order valence-electron chi connectivity index (χ3n) is 6.82. The highest BCUT2D eigenvalue weighted by atomic mass is 19.2. The Balaban J connectivity index is 1.45. The monoisotopic (exact) mass is 551 g/mol. The zero-order valence-electron chi connectivity index (χ0n) is 21.6. The normalized spacial score (nSPS) is 19.3. The third kappa shape index (κ3) is 5.83. The van der Waals surface area contributed by atoms with Gasteiger partial charge in [-0.25, -0.2) is 8.78 Å². The summed E-state index contributed by atoms with van der Waals surface area (Å²) in [4.78, 5) is 40.2. The number of hydrogen-bond acceptors (Lipinski definition) is 6. The second-order valence-electron chi connectivity index (χ2n) is 9.45. The van der Waals surface area contributed by atoms with Gasteiger partial charge in [0.25, 0.3) is 17.7 Å². The van der Waals surface area contributed by atoms with Gasteiger partial charge >= 0.3 is 0 Å². The van der Waals surface area contributed by atoms with Crippen molar-refractivity contribution < 1.29 is 37.4 Å². The summed E-state index contributed by atoms with van der Waals surface area (Å²) < 4.78 is 45.4. The number of nitrogens with one attached hydrogen (secondary N) is 2. The third-order valence-corrected chi connectivity index (χ3v) is 6.82. The van der Waals surface area contributed by atoms with Gasteiger partial charge in [0.15, 0.2) is 29.7 Å². The highest BCUT2D eigenvalue weighted by Crippen LogP contribution is 2.29. The van der Waals surface area contributed by atoms with Crippen molar-refractivity contribution in [1.82, 2.24) is 15.5 Å². The van der Waals surface area contributed by atoms with Gasteiger partial charge in [0, 0.05) is 31.6 Å². The van der Waals surface area contributed by atoms with E-state index in [9.17, 15) is 23.2 Å². The van der Waals surface area contributed by atoms with Crippen LogP contribution in [0, 0.1) is 11.6 Å². The van der Waals surface area contributed by atoms with E-state index < -0.39 is 35.6 Å². The summed E-state index contributed by atoms with van der Waals surface area (Å²) in [5, 5.41) is 5.70. The largest absolute Gasteiger partial charge is 0.493 e. The molecule has 9 nitrogen and oxygen atoms in total. The predicted octanol–water partition coefficient (Wildman–Crippen LogP) is 3.07. The number of halogens is 2. The molecule has 3 aromatic carbocycles. The number of carbonyl (C=O) groups is 3. The molecule has 3 aromatic rings. The molecular formula is C29H27F2N3O6. The Bertz CT molecular complexity index is 1430. The predicted molar refractivity (Wildman–Crippen MR) is 139 cm³/mol. The van der Waals surface area contributed by atoms with Crippen LogP contribution in [0.2, 0.25) is 0 Å². The fraction of sp³-hybridized carbons (Fsp3) is 0.276. The Labute approximate surface area is 229 Å². The lowest BCUT2D eigenvalue weighted by Gasteiger charge is -2.39. The number of rotatable bonds is 2. The summed E-state index contributed by atoms with van der Waals surface area (Å²) in [5.74, 6) is -2.78. The highest BCUT2D eigenvalue weighted by molar-refractivity contribution is 5.96. The number of amides is 3. The summed E-state index contributed by atoms with van der Waals surface area (Å²) in [6.45, 7) is 0.193. The maximum atomic E-state index is 14.4. The van der Waals surface area contributed by atoms with E-state index in [1.807, 2.05) is 0 Å². The number of ether oxygens (including phenoxy) is 3. The summed E-state index contributed by atoms with van der Waals surface area (Å²) in [6, 6.07) is 14.4. The average molecular weight is 552 g/mol. The molecule has 0 unspecified atom stereocenters. The molecular weight excluding hydrogens is 524 g/mol. The van der Waals surface area contributed by atoms with Crippen LogP contribution in [0.3, 0.4) is 0 Å². The van der Waals surface area contributed by atoms with Crippen molar-refractivity contribution in [2.75, 3.05) is 26.8 Å². The van der Waals surface area contributed by atoms with Gasteiger partial charge in [-0.1, -0.05) is 18.2 Å². The number of fused-ring (bicyclic) bond motifs is 7. The van der Waals surface area contributed by atoms with E-state index in [1.54, 1.807) is 30.3 Å². The summed E-state index contributed by atoms with van der Waals surface area (Å²) >= 11 is 0. The molecule has 2 N–H and O–H groups in total. The SMILES string of the molecule is COc1ccc2cc1OCC(=O)NCc1ccc(cc1)O[C@@H]1CCN(C(=O)c3cccc(F)c3F)C[C@@H]1NC2=O. The minimum atomic E-state index is -1.22. The van der Waals surface area contributed by atoms with Gasteiger partial charge in [0.1, 0.15) is 11.9 Å². The summed E-state index contributed by atoms with van der Waals surface area (Å²) in [5.41, 5.74) is 0.681. The first kappa shape index (κ1) is 26.9. The standard InChI is InChI=1S/C29H27F2N3O6/c1-38-24-10-7-18-13-25(24)39-16-26(35)32-14-17-5-8-19(9-6-17)40-23-11-12-34(15-22(23)33-28(18)36)29(37)20-3-2-4-21(30)27(20)31/h2-10,13,22-23H,11-12,14-16H2,1H3,(H,32,35)(H,33,36)/t22-,23+/m0/s1. The molecule has 40 heavy (non-hydrogen) atoms. The van der Waals surface area contributed by atoms with E-state index in [0.717, 1.165) is 11.6 Å². The maximum absolute atomic E-state index is 14.4. The van der Waals surface area contributed by atoms with Gasteiger partial charge < -0.3 is 29.7 Å². The van der Waals surface area contributed by atoms with E-state index in [0.29, 0.717) is 17.9 Å². The van der Waals surface area contributed by atoms with E-state index in [2.05, 4.69) is 10.6 Å². The zero-order valence-corrected chi connectivity index (χ0v) is 21.6. The Morgan fingerprint density at radius 1 is 1.07 bits per heavy atom. The Hall–Kier alpha value is -4.67. The van der Waals surface area contributed by atoms with Gasteiger partial charge in [-0.3, -0.25) is 14.4 Å². The lowest BCUT2D eigenvalue weighted by Crippen LogP contribution is -2.58. The van der Waals surface area contributed by atoms with Crippen molar-refractivity contribution in [3.8, 4) is 17.2 Å². The molecule has 4 bridgehead atoms. The number of piperidine rings is 1. The molecule has 2 atom stereocenters. The van der Waals surface area contributed by atoms with Crippen LogP contribution < -0.4 is 24.8 Å².